The quantitative estimate of drug-likeness (QED) is 0.464. The number of hydrazine groups is 1. The van der Waals surface area contributed by atoms with Crippen LogP contribution in [0.25, 0.3) is 0 Å². The standard InChI is InChI=1S/C12H11Br2N3O3/c1-6-2-8(20-10(6)11(18)16-15)5-17-4-7(13)3-9(14)12(17)19/h2-4H,5,15H2,1H3,(H,16,18). The summed E-state index contributed by atoms with van der Waals surface area (Å²) in [6, 6.07) is 3.37. The topological polar surface area (TPSA) is 90.3 Å². The van der Waals surface area contributed by atoms with E-state index in [0.29, 0.717) is 15.8 Å². The first-order chi connectivity index (χ1) is 9.42. The third-order valence-electron chi connectivity index (χ3n) is 2.64. The number of halogens is 2. The van der Waals surface area contributed by atoms with E-state index in [1.54, 1.807) is 25.3 Å². The Morgan fingerprint density at radius 2 is 2.15 bits per heavy atom. The van der Waals surface area contributed by atoms with Crippen molar-refractivity contribution in [1.82, 2.24) is 9.99 Å². The number of carbonyl (C=O) groups is 1. The van der Waals surface area contributed by atoms with E-state index >= 15 is 0 Å². The molecule has 2 aromatic rings. The van der Waals surface area contributed by atoms with Crippen LogP contribution in [-0.4, -0.2) is 10.5 Å². The molecule has 0 aliphatic heterocycles. The van der Waals surface area contributed by atoms with Crippen LogP contribution in [0.15, 0.2) is 36.5 Å². The lowest BCUT2D eigenvalue weighted by Gasteiger charge is -2.05. The second kappa shape index (κ2) is 5.94. The van der Waals surface area contributed by atoms with Crippen LogP contribution in [0.5, 0.6) is 0 Å². The van der Waals surface area contributed by atoms with Crippen LogP contribution in [0.4, 0.5) is 0 Å². The average Bonchev–Trinajstić information content (AvgIpc) is 2.75. The van der Waals surface area contributed by atoms with Gasteiger partial charge in [-0.3, -0.25) is 15.0 Å². The van der Waals surface area contributed by atoms with Crippen LogP contribution < -0.4 is 16.8 Å². The first-order valence-corrected chi connectivity index (χ1v) is 7.16. The van der Waals surface area contributed by atoms with Crippen molar-refractivity contribution in [2.24, 2.45) is 5.84 Å². The van der Waals surface area contributed by atoms with Crippen LogP contribution in [-0.2, 0) is 6.54 Å². The molecule has 0 radical (unpaired) electrons. The van der Waals surface area contributed by atoms with E-state index in [2.05, 4.69) is 31.9 Å². The highest BCUT2D eigenvalue weighted by Crippen LogP contribution is 2.17. The van der Waals surface area contributed by atoms with Crippen LogP contribution >= 0.6 is 31.9 Å². The minimum absolute atomic E-state index is 0.143. The molecule has 0 bridgehead atoms. The minimum atomic E-state index is -0.503. The van der Waals surface area contributed by atoms with Crippen LogP contribution in [0.1, 0.15) is 21.9 Å². The SMILES string of the molecule is Cc1cc(Cn2cc(Br)cc(Br)c2=O)oc1C(=O)NN. The van der Waals surface area contributed by atoms with Gasteiger partial charge in [0.2, 0.25) is 0 Å². The van der Waals surface area contributed by atoms with Crippen molar-refractivity contribution < 1.29 is 9.21 Å². The summed E-state index contributed by atoms with van der Waals surface area (Å²) in [5.41, 5.74) is 2.48. The highest BCUT2D eigenvalue weighted by Gasteiger charge is 2.15. The van der Waals surface area contributed by atoms with Crippen LogP contribution in [0, 0.1) is 6.92 Å². The molecule has 0 aliphatic carbocycles. The molecule has 2 heterocycles. The molecule has 0 aliphatic rings. The molecule has 8 heteroatoms. The fourth-order valence-corrected chi connectivity index (χ4v) is 3.02. The maximum atomic E-state index is 12.0. The van der Waals surface area contributed by atoms with E-state index in [1.807, 2.05) is 5.43 Å². The van der Waals surface area contributed by atoms with Crippen molar-refractivity contribution in [3.8, 4) is 0 Å². The van der Waals surface area contributed by atoms with Gasteiger partial charge in [-0.1, -0.05) is 0 Å². The van der Waals surface area contributed by atoms with Crippen molar-refractivity contribution in [3.05, 3.63) is 54.7 Å². The number of aryl methyl sites for hydroxylation is 1. The number of pyridine rings is 1. The molecule has 0 fully saturated rings. The second-order valence-electron chi connectivity index (χ2n) is 4.14. The van der Waals surface area contributed by atoms with Gasteiger partial charge in [-0.15, -0.1) is 0 Å². The second-order valence-corrected chi connectivity index (χ2v) is 5.91. The smallest absolute Gasteiger partial charge is 0.301 e. The van der Waals surface area contributed by atoms with E-state index in [-0.39, 0.29) is 17.9 Å². The normalized spacial score (nSPS) is 10.6. The number of hydrogen-bond donors (Lipinski definition) is 2. The number of furan rings is 1. The average molecular weight is 405 g/mol. The molecule has 2 rings (SSSR count). The summed E-state index contributed by atoms with van der Waals surface area (Å²) in [4.78, 5) is 23.4. The van der Waals surface area contributed by atoms with E-state index in [0.717, 1.165) is 4.47 Å². The molecule has 1 amide bonds. The summed E-state index contributed by atoms with van der Waals surface area (Å²) in [6.45, 7) is 1.95. The molecule has 3 N–H and O–H groups in total. The van der Waals surface area contributed by atoms with E-state index in [1.165, 1.54) is 4.57 Å². The number of nitrogen functional groups attached to an aromatic ring is 1. The first-order valence-electron chi connectivity index (χ1n) is 5.58. The van der Waals surface area contributed by atoms with E-state index < -0.39 is 5.91 Å². The van der Waals surface area contributed by atoms with Crippen molar-refractivity contribution in [3.63, 3.8) is 0 Å². The number of rotatable bonds is 3. The zero-order chi connectivity index (χ0) is 14.9. The van der Waals surface area contributed by atoms with Crippen molar-refractivity contribution in [1.29, 1.82) is 0 Å². The number of nitrogens with two attached hydrogens (primary N) is 1. The van der Waals surface area contributed by atoms with Crippen molar-refractivity contribution in [2.75, 3.05) is 0 Å². The molecule has 0 saturated carbocycles. The lowest BCUT2D eigenvalue weighted by atomic mass is 10.2. The van der Waals surface area contributed by atoms with E-state index in [9.17, 15) is 9.59 Å². The molecule has 6 nitrogen and oxygen atoms in total. The monoisotopic (exact) mass is 403 g/mol. The number of aromatic nitrogens is 1. The number of nitrogens with zero attached hydrogens (tertiary/aromatic N) is 1. The summed E-state index contributed by atoms with van der Waals surface area (Å²) < 4.78 is 8.09. The van der Waals surface area contributed by atoms with Gasteiger partial charge in [0.1, 0.15) is 5.76 Å². The third-order valence-corrected chi connectivity index (χ3v) is 3.64. The highest BCUT2D eigenvalue weighted by molar-refractivity contribution is 9.11. The molecule has 0 spiro atoms. The number of nitrogens with one attached hydrogen (secondary N) is 1. The van der Waals surface area contributed by atoms with Crippen LogP contribution in [0.2, 0.25) is 0 Å². The molecule has 2 aromatic heterocycles. The van der Waals surface area contributed by atoms with Gasteiger partial charge in [-0.2, -0.15) is 0 Å². The molecule has 106 valence electrons. The van der Waals surface area contributed by atoms with Gasteiger partial charge in [0.05, 0.1) is 11.0 Å². The van der Waals surface area contributed by atoms with Gasteiger partial charge in [0.15, 0.2) is 5.76 Å². The van der Waals surface area contributed by atoms with Gasteiger partial charge in [0.25, 0.3) is 5.56 Å². The summed E-state index contributed by atoms with van der Waals surface area (Å²) in [6.07, 6.45) is 1.65. The molecule has 20 heavy (non-hydrogen) atoms. The van der Waals surface area contributed by atoms with Gasteiger partial charge in [0, 0.05) is 16.2 Å². The Labute approximate surface area is 131 Å². The fourth-order valence-electron chi connectivity index (χ4n) is 1.77. The highest BCUT2D eigenvalue weighted by atomic mass is 79.9. The molecule has 0 unspecified atom stereocenters. The maximum absolute atomic E-state index is 12.0. The largest absolute Gasteiger partial charge is 0.454 e. The lowest BCUT2D eigenvalue weighted by molar-refractivity contribution is 0.0923. The third kappa shape index (κ3) is 3.02. The Balaban J connectivity index is 2.36. The Bertz CT molecular complexity index is 721. The number of amides is 1. The Morgan fingerprint density at radius 3 is 2.80 bits per heavy atom. The lowest BCUT2D eigenvalue weighted by Crippen LogP contribution is -2.30. The number of carbonyl (C=O) groups excluding carboxylic acids is 1. The minimum Gasteiger partial charge on any atom is -0.454 e. The van der Waals surface area contributed by atoms with Gasteiger partial charge < -0.3 is 8.98 Å². The van der Waals surface area contributed by atoms with Gasteiger partial charge >= 0.3 is 5.91 Å². The summed E-state index contributed by atoms with van der Waals surface area (Å²) in [5.74, 6) is 5.21. The molecule has 0 saturated heterocycles. The Kier molecular flexibility index (Phi) is 4.46. The molecule has 0 aromatic carbocycles. The Morgan fingerprint density at radius 1 is 1.45 bits per heavy atom. The van der Waals surface area contributed by atoms with Crippen molar-refractivity contribution in [2.45, 2.75) is 13.5 Å². The maximum Gasteiger partial charge on any atom is 0.301 e. The summed E-state index contributed by atoms with van der Waals surface area (Å²) >= 11 is 6.50. The van der Waals surface area contributed by atoms with Crippen LogP contribution in [0.3, 0.4) is 0 Å². The summed E-state index contributed by atoms with van der Waals surface area (Å²) in [7, 11) is 0. The van der Waals surface area contributed by atoms with Gasteiger partial charge in [-0.25, -0.2) is 5.84 Å². The predicted molar refractivity (Wildman–Crippen MR) is 80.3 cm³/mol. The summed E-state index contributed by atoms with van der Waals surface area (Å²) in [5, 5.41) is 0. The fraction of sp³-hybridized carbons (Fsp3) is 0.167. The first kappa shape index (κ1) is 15.0. The van der Waals surface area contributed by atoms with Crippen molar-refractivity contribution >= 4 is 37.8 Å². The molecular formula is C12H11Br2N3O3. The zero-order valence-corrected chi connectivity index (χ0v) is 13.6. The Hall–Kier alpha value is -1.38. The van der Waals surface area contributed by atoms with Gasteiger partial charge in [-0.05, 0) is 50.9 Å². The number of hydrogen-bond acceptors (Lipinski definition) is 4. The predicted octanol–water partition coefficient (Wildman–Crippen LogP) is 1.93. The molecular weight excluding hydrogens is 394 g/mol. The molecule has 0 atom stereocenters. The van der Waals surface area contributed by atoms with E-state index in [4.69, 9.17) is 10.3 Å². The zero-order valence-electron chi connectivity index (χ0n) is 10.4.